The summed E-state index contributed by atoms with van der Waals surface area (Å²) in [6, 6.07) is 6.35. The lowest BCUT2D eigenvalue weighted by molar-refractivity contribution is 0.0314. The number of amides is 1. The van der Waals surface area contributed by atoms with Crippen molar-refractivity contribution in [3.05, 3.63) is 35.0 Å². The molecule has 1 heterocycles. The Labute approximate surface area is 121 Å². The Kier molecular flexibility index (Phi) is 4.40. The normalized spacial score (nSPS) is 11.8. The first kappa shape index (κ1) is 14.9. The Morgan fingerprint density at radius 1 is 1.40 bits per heavy atom. The monoisotopic (exact) mass is 295 g/mol. The largest absolute Gasteiger partial charge is 0.388 e. The zero-order valence-electron chi connectivity index (χ0n) is 11.6. The van der Waals surface area contributed by atoms with E-state index in [1.165, 1.54) is 17.4 Å². The topological polar surface area (TPSA) is 49.3 Å². The molecule has 1 aromatic carbocycles. The molecule has 0 spiro atoms. The van der Waals surface area contributed by atoms with Gasteiger partial charge in [0.05, 0.1) is 10.5 Å². The van der Waals surface area contributed by atoms with Crippen molar-refractivity contribution in [3.63, 3.8) is 0 Å². The first-order valence-electron chi connectivity index (χ1n) is 6.67. The Hall–Kier alpha value is -1.46. The molecule has 0 unspecified atom stereocenters. The third-order valence-corrected chi connectivity index (χ3v) is 4.73. The van der Waals surface area contributed by atoms with E-state index in [0.717, 1.165) is 4.70 Å². The highest BCUT2D eigenvalue weighted by Crippen LogP contribution is 2.27. The number of thiophene rings is 1. The van der Waals surface area contributed by atoms with E-state index in [1.54, 1.807) is 18.2 Å². The van der Waals surface area contributed by atoms with Crippen LogP contribution in [0.2, 0.25) is 0 Å². The molecule has 1 aromatic heterocycles. The number of hydrogen-bond acceptors (Lipinski definition) is 3. The molecule has 20 heavy (non-hydrogen) atoms. The lowest BCUT2D eigenvalue weighted by Crippen LogP contribution is -2.41. The van der Waals surface area contributed by atoms with Crippen LogP contribution in [0.3, 0.4) is 0 Å². The zero-order valence-corrected chi connectivity index (χ0v) is 12.4. The van der Waals surface area contributed by atoms with Crippen molar-refractivity contribution in [2.24, 2.45) is 0 Å². The van der Waals surface area contributed by atoms with Crippen LogP contribution in [0.5, 0.6) is 0 Å². The number of fused-ring (bicyclic) bond motifs is 1. The van der Waals surface area contributed by atoms with E-state index in [9.17, 15) is 14.3 Å². The summed E-state index contributed by atoms with van der Waals surface area (Å²) in [5, 5.41) is 13.3. The first-order valence-corrected chi connectivity index (χ1v) is 7.49. The Balaban J connectivity index is 2.14. The molecule has 0 aliphatic rings. The molecule has 5 heteroatoms. The van der Waals surface area contributed by atoms with Gasteiger partial charge in [-0.3, -0.25) is 4.79 Å². The van der Waals surface area contributed by atoms with Crippen LogP contribution in [0.15, 0.2) is 24.3 Å². The minimum atomic E-state index is -0.877. The second kappa shape index (κ2) is 5.89. The summed E-state index contributed by atoms with van der Waals surface area (Å²) in [6.07, 6.45) is 1.15. The number of carbonyl (C=O) groups is 1. The van der Waals surface area contributed by atoms with Gasteiger partial charge in [-0.2, -0.15) is 0 Å². The van der Waals surface area contributed by atoms with Gasteiger partial charge in [0.25, 0.3) is 5.91 Å². The highest BCUT2D eigenvalue weighted by Gasteiger charge is 2.23. The van der Waals surface area contributed by atoms with Crippen LogP contribution in [-0.4, -0.2) is 23.2 Å². The van der Waals surface area contributed by atoms with Crippen molar-refractivity contribution < 1.29 is 14.3 Å². The summed E-state index contributed by atoms with van der Waals surface area (Å²) in [4.78, 5) is 12.5. The maximum atomic E-state index is 13.6. The van der Waals surface area contributed by atoms with Gasteiger partial charge in [0.1, 0.15) is 5.82 Å². The summed E-state index contributed by atoms with van der Waals surface area (Å²) in [7, 11) is 0. The molecule has 0 radical (unpaired) electrons. The van der Waals surface area contributed by atoms with Gasteiger partial charge < -0.3 is 10.4 Å². The van der Waals surface area contributed by atoms with E-state index < -0.39 is 5.60 Å². The lowest BCUT2D eigenvalue weighted by Gasteiger charge is -2.25. The summed E-state index contributed by atoms with van der Waals surface area (Å²) in [5.74, 6) is -0.595. The molecule has 2 rings (SSSR count). The predicted molar refractivity (Wildman–Crippen MR) is 79.6 cm³/mol. The van der Waals surface area contributed by atoms with Crippen LogP contribution >= 0.6 is 11.3 Å². The van der Waals surface area contributed by atoms with Gasteiger partial charge in [0.15, 0.2) is 0 Å². The first-order chi connectivity index (χ1) is 9.49. The molecule has 1 amide bonds. The van der Waals surface area contributed by atoms with E-state index in [4.69, 9.17) is 0 Å². The van der Waals surface area contributed by atoms with Gasteiger partial charge in [0, 0.05) is 16.6 Å². The van der Waals surface area contributed by atoms with Gasteiger partial charge in [-0.05, 0) is 31.0 Å². The van der Waals surface area contributed by atoms with Crippen LogP contribution in [0.25, 0.3) is 10.1 Å². The van der Waals surface area contributed by atoms with E-state index in [-0.39, 0.29) is 18.3 Å². The van der Waals surface area contributed by atoms with Crippen molar-refractivity contribution in [2.45, 2.75) is 32.3 Å². The van der Waals surface area contributed by atoms with Crippen molar-refractivity contribution in [1.29, 1.82) is 0 Å². The highest BCUT2D eigenvalue weighted by molar-refractivity contribution is 7.20. The third kappa shape index (κ3) is 2.99. The third-order valence-electron chi connectivity index (χ3n) is 3.63. The Morgan fingerprint density at radius 2 is 2.10 bits per heavy atom. The second-order valence-corrected chi connectivity index (χ2v) is 5.96. The van der Waals surface area contributed by atoms with Crippen LogP contribution in [0, 0.1) is 5.82 Å². The number of aliphatic hydroxyl groups is 1. The van der Waals surface area contributed by atoms with Gasteiger partial charge in [-0.25, -0.2) is 4.39 Å². The molecular formula is C15H18FNO2S. The van der Waals surface area contributed by atoms with Crippen LogP contribution < -0.4 is 5.32 Å². The lowest BCUT2D eigenvalue weighted by atomic mass is 9.98. The summed E-state index contributed by atoms with van der Waals surface area (Å²) in [5.41, 5.74) is -0.877. The molecule has 0 aliphatic carbocycles. The number of nitrogens with one attached hydrogen (secondary N) is 1. The smallest absolute Gasteiger partial charge is 0.261 e. The fourth-order valence-corrected chi connectivity index (χ4v) is 2.96. The van der Waals surface area contributed by atoms with Gasteiger partial charge in [-0.1, -0.05) is 19.9 Å². The minimum Gasteiger partial charge on any atom is -0.388 e. The summed E-state index contributed by atoms with van der Waals surface area (Å²) in [6.45, 7) is 3.96. The van der Waals surface area contributed by atoms with Crippen molar-refractivity contribution in [1.82, 2.24) is 5.32 Å². The quantitative estimate of drug-likeness (QED) is 0.889. The fourth-order valence-electron chi connectivity index (χ4n) is 1.97. The number of carbonyl (C=O) groups excluding carboxylic acids is 1. The fraction of sp³-hybridized carbons (Fsp3) is 0.400. The van der Waals surface area contributed by atoms with Crippen LogP contribution in [0.4, 0.5) is 4.39 Å². The Bertz CT molecular complexity index is 619. The molecular weight excluding hydrogens is 277 g/mol. The maximum absolute atomic E-state index is 13.6. The Morgan fingerprint density at radius 3 is 2.70 bits per heavy atom. The number of rotatable bonds is 5. The molecule has 0 saturated carbocycles. The molecule has 108 valence electrons. The highest BCUT2D eigenvalue weighted by atomic mass is 32.1. The standard InChI is InChI=1S/C15H18FNO2S/c1-3-15(19,4-2)9-17-14(18)13-8-10-11(16)6-5-7-12(10)20-13/h5-8,19H,3-4,9H2,1-2H3,(H,17,18). The van der Waals surface area contributed by atoms with Gasteiger partial charge >= 0.3 is 0 Å². The molecule has 0 fully saturated rings. The van der Waals surface area contributed by atoms with Crippen molar-refractivity contribution >= 4 is 27.3 Å². The number of benzene rings is 1. The zero-order chi connectivity index (χ0) is 14.8. The van der Waals surface area contributed by atoms with Crippen LogP contribution in [-0.2, 0) is 0 Å². The van der Waals surface area contributed by atoms with E-state index in [2.05, 4.69) is 5.32 Å². The second-order valence-electron chi connectivity index (χ2n) is 4.88. The average Bonchev–Trinajstić information content (AvgIpc) is 2.90. The molecule has 0 atom stereocenters. The number of hydrogen-bond donors (Lipinski definition) is 2. The summed E-state index contributed by atoms with van der Waals surface area (Å²) >= 11 is 1.25. The van der Waals surface area contributed by atoms with E-state index in [0.29, 0.717) is 23.1 Å². The van der Waals surface area contributed by atoms with Crippen LogP contribution in [0.1, 0.15) is 36.4 Å². The van der Waals surface area contributed by atoms with E-state index >= 15 is 0 Å². The SMILES string of the molecule is CCC(O)(CC)CNC(=O)c1cc2c(F)cccc2s1. The molecule has 0 bridgehead atoms. The molecule has 2 aromatic rings. The molecule has 3 nitrogen and oxygen atoms in total. The molecule has 2 N–H and O–H groups in total. The molecule has 0 aliphatic heterocycles. The predicted octanol–water partition coefficient (Wildman–Crippen LogP) is 3.32. The summed E-state index contributed by atoms with van der Waals surface area (Å²) < 4.78 is 14.3. The van der Waals surface area contributed by atoms with Gasteiger partial charge in [0.2, 0.25) is 0 Å². The maximum Gasteiger partial charge on any atom is 0.261 e. The average molecular weight is 295 g/mol. The van der Waals surface area contributed by atoms with Gasteiger partial charge in [-0.15, -0.1) is 11.3 Å². The van der Waals surface area contributed by atoms with E-state index in [1.807, 2.05) is 13.8 Å². The number of halogens is 1. The molecule has 0 saturated heterocycles. The van der Waals surface area contributed by atoms with Crippen molar-refractivity contribution in [3.8, 4) is 0 Å². The van der Waals surface area contributed by atoms with Crippen molar-refractivity contribution in [2.75, 3.05) is 6.54 Å². The minimum absolute atomic E-state index is 0.204.